The number of carbonyl (C=O) groups excluding carboxylic acids is 2. The molecule has 5 aliphatic rings. The van der Waals surface area contributed by atoms with E-state index in [1.165, 1.54) is 0 Å². The highest BCUT2D eigenvalue weighted by molar-refractivity contribution is 6.01. The fourth-order valence-corrected chi connectivity index (χ4v) is 9.57. The molecule has 4 saturated carbocycles. The molecular formula is C28H40N2O2. The van der Waals surface area contributed by atoms with E-state index >= 15 is 0 Å². The van der Waals surface area contributed by atoms with Crippen LogP contribution < -0.4 is 5.73 Å². The van der Waals surface area contributed by atoms with Crippen molar-refractivity contribution in [3.63, 3.8) is 0 Å². The first-order chi connectivity index (χ1) is 14.9. The van der Waals surface area contributed by atoms with Gasteiger partial charge in [-0.05, 0) is 84.9 Å². The van der Waals surface area contributed by atoms with Gasteiger partial charge >= 0.3 is 0 Å². The van der Waals surface area contributed by atoms with Crippen LogP contribution in [0.25, 0.3) is 0 Å². The summed E-state index contributed by atoms with van der Waals surface area (Å²) in [6.45, 7) is 11.4. The van der Waals surface area contributed by atoms with E-state index in [1.807, 2.05) is 13.0 Å². The summed E-state index contributed by atoms with van der Waals surface area (Å²) in [5, 5.41) is 9.67. The van der Waals surface area contributed by atoms with Crippen molar-refractivity contribution in [3.8, 4) is 6.07 Å². The number of hydrogen-bond acceptors (Lipinski definition) is 4. The number of nitrogens with two attached hydrogens (primary N) is 1. The van der Waals surface area contributed by atoms with Crippen LogP contribution in [-0.4, -0.2) is 17.1 Å². The van der Waals surface area contributed by atoms with Gasteiger partial charge in [-0.3, -0.25) is 9.59 Å². The number of hydrogen-bond donors (Lipinski definition) is 1. The molecule has 0 heterocycles. The van der Waals surface area contributed by atoms with Crippen molar-refractivity contribution in [3.05, 3.63) is 11.6 Å². The first-order valence-corrected chi connectivity index (χ1v) is 12.9. The van der Waals surface area contributed by atoms with Crippen LogP contribution in [0.1, 0.15) is 86.0 Å². The molecule has 4 fully saturated rings. The Morgan fingerprint density at radius 2 is 1.69 bits per heavy atom. The third kappa shape index (κ3) is 2.82. The van der Waals surface area contributed by atoms with Gasteiger partial charge in [-0.1, -0.05) is 40.7 Å². The SMILES string of the molecule is CC1C(=O)C(C#N)=CC2(C)C1CCC1(C)C3CCC4(N)CCC(C)(C)CC4C3C(=O)CC21. The molecule has 0 radical (unpaired) electrons. The van der Waals surface area contributed by atoms with E-state index in [0.29, 0.717) is 23.7 Å². The molecular weight excluding hydrogens is 396 g/mol. The molecule has 4 heteroatoms. The molecule has 0 saturated heterocycles. The van der Waals surface area contributed by atoms with Crippen LogP contribution in [0, 0.1) is 63.1 Å². The minimum atomic E-state index is -0.269. The number of allylic oxidation sites excluding steroid dienone is 2. The van der Waals surface area contributed by atoms with E-state index in [9.17, 15) is 14.9 Å². The van der Waals surface area contributed by atoms with E-state index in [-0.39, 0.29) is 57.2 Å². The number of rotatable bonds is 0. The molecule has 2 N–H and O–H groups in total. The number of nitrogens with zero attached hydrogens (tertiary/aromatic N) is 1. The normalized spacial score (nSPS) is 52.0. The van der Waals surface area contributed by atoms with Gasteiger partial charge in [-0.2, -0.15) is 5.26 Å². The largest absolute Gasteiger partial charge is 0.325 e. The fourth-order valence-electron chi connectivity index (χ4n) is 9.57. The number of ketones is 2. The van der Waals surface area contributed by atoms with Crippen molar-refractivity contribution < 1.29 is 9.59 Å². The van der Waals surface area contributed by atoms with Crippen LogP contribution in [0.3, 0.4) is 0 Å². The highest BCUT2D eigenvalue weighted by Gasteiger charge is 2.66. The average molecular weight is 437 g/mol. The lowest BCUT2D eigenvalue weighted by Gasteiger charge is -2.67. The topological polar surface area (TPSA) is 83.9 Å². The second-order valence-electron chi connectivity index (χ2n) is 13.4. The first-order valence-electron chi connectivity index (χ1n) is 12.9. The highest BCUT2D eigenvalue weighted by atomic mass is 16.1. The molecule has 4 nitrogen and oxygen atoms in total. The summed E-state index contributed by atoms with van der Waals surface area (Å²) in [7, 11) is 0. The zero-order valence-corrected chi connectivity index (χ0v) is 20.5. The molecule has 0 aliphatic heterocycles. The van der Waals surface area contributed by atoms with Gasteiger partial charge in [-0.15, -0.1) is 0 Å². The van der Waals surface area contributed by atoms with Crippen molar-refractivity contribution in [2.45, 2.75) is 91.5 Å². The Morgan fingerprint density at radius 3 is 2.38 bits per heavy atom. The molecule has 9 unspecified atom stereocenters. The number of Topliss-reactive ketones (excluding diaryl/α,β-unsaturated/α-hetero) is 2. The zero-order chi connectivity index (χ0) is 23.3. The van der Waals surface area contributed by atoms with Crippen LogP contribution in [0.4, 0.5) is 0 Å². The minimum absolute atomic E-state index is 0.00592. The molecule has 0 bridgehead atoms. The summed E-state index contributed by atoms with van der Waals surface area (Å²) in [5.41, 5.74) is 7.20. The van der Waals surface area contributed by atoms with Gasteiger partial charge in [0.05, 0.1) is 5.57 Å². The Morgan fingerprint density at radius 1 is 1.00 bits per heavy atom. The predicted molar refractivity (Wildman–Crippen MR) is 124 cm³/mol. The van der Waals surface area contributed by atoms with Gasteiger partial charge in [0.2, 0.25) is 0 Å². The molecule has 0 amide bonds. The van der Waals surface area contributed by atoms with E-state index in [0.717, 1.165) is 44.9 Å². The van der Waals surface area contributed by atoms with E-state index in [1.54, 1.807) is 0 Å². The first kappa shape index (κ1) is 22.3. The van der Waals surface area contributed by atoms with Gasteiger partial charge in [0.1, 0.15) is 11.9 Å². The van der Waals surface area contributed by atoms with Crippen LogP contribution >= 0.6 is 0 Å². The van der Waals surface area contributed by atoms with Crippen LogP contribution in [-0.2, 0) is 9.59 Å². The van der Waals surface area contributed by atoms with E-state index < -0.39 is 0 Å². The second-order valence-corrected chi connectivity index (χ2v) is 13.4. The lowest BCUT2D eigenvalue weighted by atomic mass is 9.37. The highest BCUT2D eigenvalue weighted by Crippen LogP contribution is 2.69. The second kappa shape index (κ2) is 6.78. The van der Waals surface area contributed by atoms with Crippen LogP contribution in [0.15, 0.2) is 11.6 Å². The summed E-state index contributed by atoms with van der Waals surface area (Å²) in [5.74, 6) is 1.42. The summed E-state index contributed by atoms with van der Waals surface area (Å²) in [6, 6.07) is 2.18. The fraction of sp³-hybridized carbons (Fsp3) is 0.821. The van der Waals surface area contributed by atoms with Gasteiger partial charge in [0, 0.05) is 23.8 Å². The average Bonchev–Trinajstić information content (AvgIpc) is 2.72. The third-order valence-corrected chi connectivity index (χ3v) is 11.4. The maximum absolute atomic E-state index is 13.9. The Kier molecular flexibility index (Phi) is 4.73. The zero-order valence-electron chi connectivity index (χ0n) is 20.5. The Balaban J connectivity index is 1.57. The number of nitriles is 1. The molecule has 5 aliphatic carbocycles. The van der Waals surface area contributed by atoms with Crippen molar-refractivity contribution in [1.29, 1.82) is 5.26 Å². The monoisotopic (exact) mass is 436 g/mol. The van der Waals surface area contributed by atoms with Crippen molar-refractivity contribution in [1.82, 2.24) is 0 Å². The summed E-state index contributed by atoms with van der Waals surface area (Å²) >= 11 is 0. The number of carbonyl (C=O) groups is 2. The van der Waals surface area contributed by atoms with Crippen molar-refractivity contribution in [2.75, 3.05) is 0 Å². The van der Waals surface area contributed by atoms with Crippen LogP contribution in [0.2, 0.25) is 0 Å². The minimum Gasteiger partial charge on any atom is -0.325 e. The maximum atomic E-state index is 13.9. The van der Waals surface area contributed by atoms with E-state index in [4.69, 9.17) is 5.73 Å². The molecule has 0 aromatic carbocycles. The van der Waals surface area contributed by atoms with Gasteiger partial charge in [0.15, 0.2) is 5.78 Å². The molecule has 0 aromatic rings. The van der Waals surface area contributed by atoms with Gasteiger partial charge < -0.3 is 5.73 Å². The molecule has 174 valence electrons. The Hall–Kier alpha value is -1.47. The Bertz CT molecular complexity index is 944. The van der Waals surface area contributed by atoms with Crippen molar-refractivity contribution >= 4 is 11.6 Å². The van der Waals surface area contributed by atoms with Crippen LogP contribution in [0.5, 0.6) is 0 Å². The van der Waals surface area contributed by atoms with Gasteiger partial charge in [0.25, 0.3) is 0 Å². The van der Waals surface area contributed by atoms with Gasteiger partial charge in [-0.25, -0.2) is 0 Å². The van der Waals surface area contributed by atoms with Crippen molar-refractivity contribution in [2.24, 2.45) is 57.5 Å². The molecule has 0 spiro atoms. The molecule has 32 heavy (non-hydrogen) atoms. The third-order valence-electron chi connectivity index (χ3n) is 11.4. The molecule has 0 aromatic heterocycles. The Labute approximate surface area is 193 Å². The summed E-state index contributed by atoms with van der Waals surface area (Å²) < 4.78 is 0. The lowest BCUT2D eigenvalue weighted by Crippen LogP contribution is -2.67. The quantitative estimate of drug-likeness (QED) is 0.564. The summed E-state index contributed by atoms with van der Waals surface area (Å²) in [6.07, 6.45) is 9.96. The standard InChI is InChI=1S/C28H40N2O2/c1-16-18-6-8-26(4)19-7-9-28(30)11-10-25(2,3)14-20(28)23(19)21(31)12-22(26)27(18,5)13-17(15-29)24(16)32/h13,16,18-20,22-23H,6-12,14,30H2,1-5H3. The molecule has 9 atom stereocenters. The predicted octanol–water partition coefficient (Wildman–Crippen LogP) is 5.22. The van der Waals surface area contributed by atoms with E-state index in [2.05, 4.69) is 33.8 Å². The molecule has 5 rings (SSSR count). The summed E-state index contributed by atoms with van der Waals surface area (Å²) in [4.78, 5) is 26.7. The smallest absolute Gasteiger partial charge is 0.176 e. The maximum Gasteiger partial charge on any atom is 0.176 e. The number of fused-ring (bicyclic) bond motifs is 7. The lowest BCUT2D eigenvalue weighted by molar-refractivity contribution is -0.177.